The summed E-state index contributed by atoms with van der Waals surface area (Å²) in [4.78, 5) is 0.991. The number of rotatable bonds is 0. The lowest BCUT2D eigenvalue weighted by Gasteiger charge is -2.18. The lowest BCUT2D eigenvalue weighted by molar-refractivity contribution is 0.225. The van der Waals surface area contributed by atoms with Crippen molar-refractivity contribution in [2.45, 2.75) is 37.7 Å². The van der Waals surface area contributed by atoms with Gasteiger partial charge in [0.25, 0.3) is 0 Å². The molecule has 2 aliphatic heterocycles. The van der Waals surface area contributed by atoms with Crippen molar-refractivity contribution in [3.8, 4) is 0 Å². The van der Waals surface area contributed by atoms with Gasteiger partial charge in [-0.3, -0.25) is 4.21 Å². The zero-order valence-corrected chi connectivity index (χ0v) is 10.4. The number of thioether (sulfide) groups is 1. The smallest absolute Gasteiger partial charge is 0.179 e. The molecule has 3 atom stereocenters. The maximum Gasteiger partial charge on any atom is 0.179 e. The van der Waals surface area contributed by atoms with E-state index >= 15 is 0 Å². The Morgan fingerprint density at radius 2 is 1.93 bits per heavy atom. The highest BCUT2D eigenvalue weighted by Crippen LogP contribution is 2.52. The molecule has 0 aliphatic carbocycles. The molecule has 2 nitrogen and oxygen atoms in total. The van der Waals surface area contributed by atoms with E-state index < -0.39 is 10.8 Å². The average molecular weight is 230 g/mol. The van der Waals surface area contributed by atoms with Gasteiger partial charge < -0.3 is 4.74 Å². The molecule has 2 heterocycles. The van der Waals surface area contributed by atoms with Crippen LogP contribution in [0.5, 0.6) is 0 Å². The van der Waals surface area contributed by atoms with Crippen LogP contribution in [0, 0.1) is 0 Å². The summed E-state index contributed by atoms with van der Waals surface area (Å²) in [7, 11) is -0.870. The summed E-state index contributed by atoms with van der Waals surface area (Å²) in [6.45, 7) is 8.02. The van der Waals surface area contributed by atoms with Crippen LogP contribution in [0.25, 0.3) is 0 Å². The summed E-state index contributed by atoms with van der Waals surface area (Å²) >= 11 is 1.67. The molecule has 2 bridgehead atoms. The first-order valence-corrected chi connectivity index (χ1v) is 6.75. The Hall–Kier alpha value is -0.220. The van der Waals surface area contributed by atoms with E-state index in [4.69, 9.17) is 4.74 Å². The third kappa shape index (κ3) is 1.36. The van der Waals surface area contributed by atoms with Crippen molar-refractivity contribution in [2.24, 2.45) is 0 Å². The van der Waals surface area contributed by atoms with Gasteiger partial charge in [-0.2, -0.15) is 0 Å². The molecule has 14 heavy (non-hydrogen) atoms. The van der Waals surface area contributed by atoms with Crippen molar-refractivity contribution in [1.29, 1.82) is 0 Å². The first-order chi connectivity index (χ1) is 6.52. The van der Waals surface area contributed by atoms with Gasteiger partial charge in [-0.15, -0.1) is 0 Å². The molecule has 78 valence electrons. The predicted molar refractivity (Wildman–Crippen MR) is 61.1 cm³/mol. The quantitative estimate of drug-likeness (QED) is 0.640. The van der Waals surface area contributed by atoms with Crippen LogP contribution in [0.15, 0.2) is 21.8 Å². The maximum absolute atomic E-state index is 12.0. The van der Waals surface area contributed by atoms with Crippen molar-refractivity contribution in [3.63, 3.8) is 0 Å². The van der Waals surface area contributed by atoms with E-state index in [-0.39, 0.29) is 10.0 Å². The van der Waals surface area contributed by atoms with Gasteiger partial charge in [0.1, 0.15) is 10.3 Å². The fraction of sp³-hybridized carbons (Fsp3) is 0.600. The molecule has 1 unspecified atom stereocenters. The van der Waals surface area contributed by atoms with Crippen molar-refractivity contribution in [1.82, 2.24) is 0 Å². The van der Waals surface area contributed by atoms with Crippen LogP contribution in [0.1, 0.15) is 27.7 Å². The predicted octanol–water partition coefficient (Wildman–Crippen LogP) is 2.75. The molecule has 2 fully saturated rings. The highest BCUT2D eigenvalue weighted by molar-refractivity contribution is 8.17. The van der Waals surface area contributed by atoms with Gasteiger partial charge in [-0.1, -0.05) is 17.3 Å². The Bertz CT molecular complexity index is 360. The SMILES string of the molecule is CC(C)=C1O[C@@H]2S[C@H]1S(=O)C2=C(C)C. The Balaban J connectivity index is 2.41. The van der Waals surface area contributed by atoms with Crippen molar-refractivity contribution in [3.05, 3.63) is 21.8 Å². The van der Waals surface area contributed by atoms with Crippen molar-refractivity contribution >= 4 is 22.6 Å². The maximum atomic E-state index is 12.0. The second kappa shape index (κ2) is 3.42. The molecule has 0 aromatic heterocycles. The molecule has 2 rings (SSSR count). The minimum atomic E-state index is -0.870. The summed E-state index contributed by atoms with van der Waals surface area (Å²) in [6, 6.07) is 0. The van der Waals surface area contributed by atoms with Gasteiger partial charge in [0.05, 0.1) is 15.7 Å². The van der Waals surface area contributed by atoms with Gasteiger partial charge in [-0.25, -0.2) is 0 Å². The van der Waals surface area contributed by atoms with Crippen LogP contribution in [-0.2, 0) is 15.5 Å². The third-order valence-corrected chi connectivity index (χ3v) is 6.01. The molecule has 4 heteroatoms. The van der Waals surface area contributed by atoms with Gasteiger partial charge in [0.2, 0.25) is 0 Å². The van der Waals surface area contributed by atoms with Crippen molar-refractivity contribution in [2.75, 3.05) is 0 Å². The van der Waals surface area contributed by atoms with Crippen molar-refractivity contribution < 1.29 is 8.95 Å². The number of hydrogen-bond donors (Lipinski definition) is 0. The normalized spacial score (nSPS) is 34.7. The van der Waals surface area contributed by atoms with Crippen LogP contribution >= 0.6 is 11.8 Å². The number of ether oxygens (including phenoxy) is 1. The van der Waals surface area contributed by atoms with Crippen LogP contribution < -0.4 is 0 Å². The lowest BCUT2D eigenvalue weighted by atomic mass is 10.3. The highest BCUT2D eigenvalue weighted by atomic mass is 32.2. The second-order valence-corrected chi connectivity index (χ2v) is 6.92. The van der Waals surface area contributed by atoms with Gasteiger partial charge >= 0.3 is 0 Å². The fourth-order valence-corrected chi connectivity index (χ4v) is 5.62. The zero-order chi connectivity index (χ0) is 10.5. The van der Waals surface area contributed by atoms with E-state index in [0.29, 0.717) is 0 Å². The molecular formula is C10H14O2S2. The topological polar surface area (TPSA) is 26.3 Å². The molecule has 0 radical (unpaired) electrons. The number of allylic oxidation sites excluding steroid dienone is 2. The standard InChI is InChI=1S/C10H14O2S2/c1-5(2)7-10-13-9(12-7)8(6(3)4)14(10)11/h9-10H,1-4H3/t9-,10+,14?/m1/s1. The molecule has 0 spiro atoms. The Morgan fingerprint density at radius 1 is 1.29 bits per heavy atom. The van der Waals surface area contributed by atoms with E-state index in [1.165, 1.54) is 0 Å². The summed E-state index contributed by atoms with van der Waals surface area (Å²) in [5.41, 5.74) is 2.29. The molecule has 0 aromatic carbocycles. The second-order valence-electron chi connectivity index (χ2n) is 3.94. The average Bonchev–Trinajstić information content (AvgIpc) is 2.59. The molecular weight excluding hydrogens is 216 g/mol. The van der Waals surface area contributed by atoms with Crippen LogP contribution in [-0.4, -0.2) is 14.2 Å². The Kier molecular flexibility index (Phi) is 2.52. The monoisotopic (exact) mass is 230 g/mol. The largest absolute Gasteiger partial charge is 0.477 e. The van der Waals surface area contributed by atoms with Crippen LogP contribution in [0.3, 0.4) is 0 Å². The molecule has 0 amide bonds. The number of hydrogen-bond acceptors (Lipinski definition) is 3. The summed E-state index contributed by atoms with van der Waals surface area (Å²) in [6.07, 6.45) is 0. The third-order valence-electron chi connectivity index (χ3n) is 2.31. The van der Waals surface area contributed by atoms with Crippen LogP contribution in [0.4, 0.5) is 0 Å². The minimum absolute atomic E-state index is 0.00994. The molecule has 0 N–H and O–H groups in total. The first kappa shape index (κ1) is 10.3. The van der Waals surface area contributed by atoms with E-state index in [0.717, 1.165) is 21.8 Å². The van der Waals surface area contributed by atoms with Gasteiger partial charge in [-0.05, 0) is 33.3 Å². The van der Waals surface area contributed by atoms with Gasteiger partial charge in [0.15, 0.2) is 5.44 Å². The Morgan fingerprint density at radius 3 is 2.36 bits per heavy atom. The zero-order valence-electron chi connectivity index (χ0n) is 8.79. The van der Waals surface area contributed by atoms with E-state index in [2.05, 4.69) is 0 Å². The minimum Gasteiger partial charge on any atom is -0.477 e. The van der Waals surface area contributed by atoms with E-state index in [1.807, 2.05) is 27.7 Å². The molecule has 2 aliphatic rings. The lowest BCUT2D eigenvalue weighted by Crippen LogP contribution is -2.19. The molecule has 0 saturated carbocycles. The van der Waals surface area contributed by atoms with E-state index in [9.17, 15) is 4.21 Å². The summed E-state index contributed by atoms with van der Waals surface area (Å²) in [5.74, 6) is 0.934. The first-order valence-electron chi connectivity index (χ1n) is 4.60. The highest BCUT2D eigenvalue weighted by Gasteiger charge is 2.49. The number of fused-ring (bicyclic) bond motifs is 2. The summed E-state index contributed by atoms with van der Waals surface area (Å²) < 4.78 is 17.9. The molecule has 2 saturated heterocycles. The van der Waals surface area contributed by atoms with E-state index in [1.54, 1.807) is 11.8 Å². The van der Waals surface area contributed by atoms with Crippen LogP contribution in [0.2, 0.25) is 0 Å². The summed E-state index contributed by atoms with van der Waals surface area (Å²) in [5, 5.41) is 0. The molecule has 0 aromatic rings. The Labute approximate surface area is 91.2 Å². The fourth-order valence-electron chi connectivity index (χ4n) is 1.64. The van der Waals surface area contributed by atoms with Gasteiger partial charge in [0, 0.05) is 0 Å².